The molecule has 1 amide bonds. The first-order valence-corrected chi connectivity index (χ1v) is 6.67. The van der Waals surface area contributed by atoms with Gasteiger partial charge in [-0.25, -0.2) is 0 Å². The summed E-state index contributed by atoms with van der Waals surface area (Å²) in [4.78, 5) is 16.7. The first-order valence-electron chi connectivity index (χ1n) is 6.67. The first kappa shape index (κ1) is 12.6. The molecule has 2 aliphatic heterocycles. The van der Waals surface area contributed by atoms with Gasteiger partial charge in [0.1, 0.15) is 0 Å². The van der Waals surface area contributed by atoms with Crippen LogP contribution in [-0.2, 0) is 4.79 Å². The fourth-order valence-corrected chi connectivity index (χ4v) is 3.18. The smallest absolute Gasteiger partial charge is 0.229 e. The van der Waals surface area contributed by atoms with Crippen LogP contribution in [0.2, 0.25) is 0 Å². The van der Waals surface area contributed by atoms with Gasteiger partial charge in [0, 0.05) is 26.7 Å². The van der Waals surface area contributed by atoms with Crippen molar-refractivity contribution in [1.82, 2.24) is 9.80 Å². The SMILES string of the molecule is C/C=C(\C)CN1CCC2(CCCN(C)C2=O)C1. The van der Waals surface area contributed by atoms with E-state index in [9.17, 15) is 4.79 Å². The lowest BCUT2D eigenvalue weighted by Gasteiger charge is -2.37. The average Bonchev–Trinajstić information content (AvgIpc) is 2.70. The third-order valence-electron chi connectivity index (χ3n) is 4.35. The Morgan fingerprint density at radius 3 is 2.88 bits per heavy atom. The van der Waals surface area contributed by atoms with Crippen molar-refractivity contribution in [2.75, 3.05) is 33.2 Å². The molecule has 0 aromatic carbocycles. The third kappa shape index (κ3) is 2.39. The van der Waals surface area contributed by atoms with E-state index in [0.717, 1.165) is 39.0 Å². The summed E-state index contributed by atoms with van der Waals surface area (Å²) >= 11 is 0. The lowest BCUT2D eigenvalue weighted by atomic mass is 9.78. The van der Waals surface area contributed by atoms with E-state index in [0.29, 0.717) is 5.91 Å². The Hall–Kier alpha value is -0.830. The second-order valence-corrected chi connectivity index (χ2v) is 5.71. The zero-order valence-corrected chi connectivity index (χ0v) is 11.3. The number of piperidine rings is 1. The van der Waals surface area contributed by atoms with Crippen LogP contribution in [0.3, 0.4) is 0 Å². The summed E-state index contributed by atoms with van der Waals surface area (Å²) in [5.41, 5.74) is 1.35. The molecule has 2 aliphatic rings. The van der Waals surface area contributed by atoms with E-state index < -0.39 is 0 Å². The molecule has 1 atom stereocenters. The van der Waals surface area contributed by atoms with Gasteiger partial charge in [-0.3, -0.25) is 9.69 Å². The molecule has 0 aromatic heterocycles. The molecule has 96 valence electrons. The minimum atomic E-state index is -0.0545. The fraction of sp³-hybridized carbons (Fsp3) is 0.786. The Morgan fingerprint density at radius 2 is 2.18 bits per heavy atom. The van der Waals surface area contributed by atoms with Gasteiger partial charge in [0.2, 0.25) is 5.91 Å². The van der Waals surface area contributed by atoms with E-state index in [1.165, 1.54) is 12.0 Å². The Kier molecular flexibility index (Phi) is 3.57. The number of carbonyl (C=O) groups is 1. The minimum Gasteiger partial charge on any atom is -0.345 e. The summed E-state index contributed by atoms with van der Waals surface area (Å²) < 4.78 is 0. The normalized spacial score (nSPS) is 31.6. The number of likely N-dealkylation sites (tertiary alicyclic amines) is 2. The molecule has 0 radical (unpaired) electrons. The molecule has 2 saturated heterocycles. The first-order chi connectivity index (χ1) is 8.07. The molecular formula is C14H24N2O. The van der Waals surface area contributed by atoms with Crippen molar-refractivity contribution in [1.29, 1.82) is 0 Å². The number of hydrogen-bond donors (Lipinski definition) is 0. The zero-order chi connectivity index (χ0) is 12.5. The van der Waals surface area contributed by atoms with Gasteiger partial charge in [0.15, 0.2) is 0 Å². The van der Waals surface area contributed by atoms with Gasteiger partial charge < -0.3 is 4.90 Å². The number of rotatable bonds is 2. The monoisotopic (exact) mass is 236 g/mol. The Balaban J connectivity index is 2.02. The van der Waals surface area contributed by atoms with Gasteiger partial charge in [-0.15, -0.1) is 0 Å². The second kappa shape index (κ2) is 4.81. The summed E-state index contributed by atoms with van der Waals surface area (Å²) in [7, 11) is 1.95. The predicted molar refractivity (Wildman–Crippen MR) is 69.8 cm³/mol. The van der Waals surface area contributed by atoms with Crippen LogP contribution in [0.5, 0.6) is 0 Å². The molecule has 3 nitrogen and oxygen atoms in total. The Morgan fingerprint density at radius 1 is 1.41 bits per heavy atom. The van der Waals surface area contributed by atoms with E-state index in [1.54, 1.807) is 0 Å². The molecule has 0 saturated carbocycles. The van der Waals surface area contributed by atoms with Crippen LogP contribution < -0.4 is 0 Å². The predicted octanol–water partition coefficient (Wildman–Crippen LogP) is 1.90. The molecule has 3 heteroatoms. The Bertz CT molecular complexity index is 337. The number of allylic oxidation sites excluding steroid dienone is 1. The lowest BCUT2D eigenvalue weighted by molar-refractivity contribution is -0.143. The van der Waals surface area contributed by atoms with Crippen molar-refractivity contribution in [2.45, 2.75) is 33.1 Å². The van der Waals surface area contributed by atoms with Crippen molar-refractivity contribution in [2.24, 2.45) is 5.41 Å². The molecule has 1 unspecified atom stereocenters. The fourth-order valence-electron chi connectivity index (χ4n) is 3.18. The van der Waals surface area contributed by atoms with Crippen LogP contribution in [0.25, 0.3) is 0 Å². The summed E-state index contributed by atoms with van der Waals surface area (Å²) in [6, 6.07) is 0. The molecule has 2 fully saturated rings. The van der Waals surface area contributed by atoms with Crippen LogP contribution in [0.4, 0.5) is 0 Å². The number of amides is 1. The van der Waals surface area contributed by atoms with Gasteiger partial charge >= 0.3 is 0 Å². The maximum absolute atomic E-state index is 12.3. The number of carbonyl (C=O) groups excluding carboxylic acids is 1. The van der Waals surface area contributed by atoms with Gasteiger partial charge in [0.05, 0.1) is 5.41 Å². The van der Waals surface area contributed by atoms with Crippen LogP contribution in [0.1, 0.15) is 33.1 Å². The van der Waals surface area contributed by atoms with E-state index >= 15 is 0 Å². The molecule has 2 rings (SSSR count). The molecule has 2 heterocycles. The highest BCUT2D eigenvalue weighted by atomic mass is 16.2. The summed E-state index contributed by atoms with van der Waals surface area (Å²) in [5, 5.41) is 0. The van der Waals surface area contributed by atoms with Crippen molar-refractivity contribution in [3.63, 3.8) is 0 Å². The Labute approximate surface area is 104 Å². The van der Waals surface area contributed by atoms with Gasteiger partial charge in [0.25, 0.3) is 0 Å². The standard InChI is InChI=1S/C14H24N2O/c1-4-12(2)10-16-9-7-14(11-16)6-5-8-15(3)13(14)17/h4H,5-11H2,1-3H3/b12-4+. The maximum atomic E-state index is 12.3. The highest BCUT2D eigenvalue weighted by molar-refractivity contribution is 5.83. The van der Waals surface area contributed by atoms with Crippen molar-refractivity contribution >= 4 is 5.91 Å². The van der Waals surface area contributed by atoms with Crippen molar-refractivity contribution in [3.05, 3.63) is 11.6 Å². The van der Waals surface area contributed by atoms with Gasteiger partial charge in [-0.05, 0) is 39.7 Å². The zero-order valence-electron chi connectivity index (χ0n) is 11.3. The number of hydrogen-bond acceptors (Lipinski definition) is 2. The topological polar surface area (TPSA) is 23.6 Å². The highest BCUT2D eigenvalue weighted by Crippen LogP contribution is 2.39. The molecule has 0 bridgehead atoms. The van der Waals surface area contributed by atoms with E-state index in [2.05, 4.69) is 24.8 Å². The minimum absolute atomic E-state index is 0.0545. The molecule has 0 aliphatic carbocycles. The second-order valence-electron chi connectivity index (χ2n) is 5.71. The van der Waals surface area contributed by atoms with Crippen LogP contribution in [0.15, 0.2) is 11.6 Å². The van der Waals surface area contributed by atoms with Crippen LogP contribution in [-0.4, -0.2) is 48.9 Å². The molecule has 0 aromatic rings. The van der Waals surface area contributed by atoms with E-state index in [4.69, 9.17) is 0 Å². The largest absolute Gasteiger partial charge is 0.345 e. The van der Waals surface area contributed by atoms with Crippen molar-refractivity contribution < 1.29 is 4.79 Å². The van der Waals surface area contributed by atoms with E-state index in [1.807, 2.05) is 11.9 Å². The molecule has 0 N–H and O–H groups in total. The van der Waals surface area contributed by atoms with Crippen LogP contribution >= 0.6 is 0 Å². The molecule has 17 heavy (non-hydrogen) atoms. The maximum Gasteiger partial charge on any atom is 0.229 e. The average molecular weight is 236 g/mol. The lowest BCUT2D eigenvalue weighted by Crippen LogP contribution is -2.48. The summed E-state index contributed by atoms with van der Waals surface area (Å²) in [6.07, 6.45) is 5.47. The highest BCUT2D eigenvalue weighted by Gasteiger charge is 2.47. The number of nitrogens with zero attached hydrogens (tertiary/aromatic N) is 2. The van der Waals surface area contributed by atoms with Crippen molar-refractivity contribution in [3.8, 4) is 0 Å². The molecular weight excluding hydrogens is 212 g/mol. The third-order valence-corrected chi connectivity index (χ3v) is 4.35. The van der Waals surface area contributed by atoms with Gasteiger partial charge in [-0.1, -0.05) is 11.6 Å². The quantitative estimate of drug-likeness (QED) is 0.684. The van der Waals surface area contributed by atoms with E-state index in [-0.39, 0.29) is 5.41 Å². The molecule has 1 spiro atoms. The summed E-state index contributed by atoms with van der Waals surface area (Å²) in [6.45, 7) is 8.25. The summed E-state index contributed by atoms with van der Waals surface area (Å²) in [5.74, 6) is 0.379. The van der Waals surface area contributed by atoms with Gasteiger partial charge in [-0.2, -0.15) is 0 Å². The van der Waals surface area contributed by atoms with Crippen LogP contribution in [0, 0.1) is 5.41 Å².